The SMILES string of the molecule is CC(NCCN1CCCC(C(C)(C)C)CC1)c1cccs1. The second kappa shape index (κ2) is 7.75. The monoisotopic (exact) mass is 308 g/mol. The van der Waals surface area contributed by atoms with Gasteiger partial charge >= 0.3 is 0 Å². The molecule has 2 rings (SSSR count). The van der Waals surface area contributed by atoms with Crippen LogP contribution in [0.1, 0.15) is 57.9 Å². The summed E-state index contributed by atoms with van der Waals surface area (Å²) in [6.45, 7) is 14.3. The van der Waals surface area contributed by atoms with Crippen LogP contribution in [0.2, 0.25) is 0 Å². The summed E-state index contributed by atoms with van der Waals surface area (Å²) in [5.74, 6) is 0.889. The molecule has 21 heavy (non-hydrogen) atoms. The van der Waals surface area contributed by atoms with Crippen molar-refractivity contribution in [2.45, 2.75) is 53.0 Å². The molecule has 2 nitrogen and oxygen atoms in total. The first-order valence-electron chi connectivity index (χ1n) is 8.46. The van der Waals surface area contributed by atoms with E-state index in [0.29, 0.717) is 11.5 Å². The molecule has 1 fully saturated rings. The third kappa shape index (κ3) is 5.39. The summed E-state index contributed by atoms with van der Waals surface area (Å²) in [7, 11) is 0. The highest BCUT2D eigenvalue weighted by Gasteiger charge is 2.26. The first-order chi connectivity index (χ1) is 9.97. The van der Waals surface area contributed by atoms with Crippen molar-refractivity contribution in [3.05, 3.63) is 22.4 Å². The minimum absolute atomic E-state index is 0.474. The summed E-state index contributed by atoms with van der Waals surface area (Å²) in [5.41, 5.74) is 0.474. The number of nitrogens with one attached hydrogen (secondary N) is 1. The average Bonchev–Trinajstić information content (AvgIpc) is 2.84. The molecule has 1 aliphatic rings. The summed E-state index contributed by atoms with van der Waals surface area (Å²) < 4.78 is 0. The molecular weight excluding hydrogens is 276 g/mol. The Labute approximate surface area is 134 Å². The molecule has 0 bridgehead atoms. The summed E-state index contributed by atoms with van der Waals surface area (Å²) in [6.07, 6.45) is 4.13. The smallest absolute Gasteiger partial charge is 0.0386 e. The van der Waals surface area contributed by atoms with E-state index in [4.69, 9.17) is 0 Å². The fourth-order valence-corrected chi connectivity index (χ4v) is 4.08. The minimum Gasteiger partial charge on any atom is -0.308 e. The van der Waals surface area contributed by atoms with Crippen molar-refractivity contribution in [3.8, 4) is 0 Å². The number of rotatable bonds is 5. The van der Waals surface area contributed by atoms with E-state index in [1.54, 1.807) is 0 Å². The molecule has 0 radical (unpaired) electrons. The number of likely N-dealkylation sites (tertiary alicyclic amines) is 1. The molecule has 0 amide bonds. The van der Waals surface area contributed by atoms with E-state index >= 15 is 0 Å². The Morgan fingerprint density at radius 1 is 1.33 bits per heavy atom. The van der Waals surface area contributed by atoms with Gasteiger partial charge in [0.25, 0.3) is 0 Å². The first-order valence-corrected chi connectivity index (χ1v) is 9.34. The largest absolute Gasteiger partial charge is 0.308 e. The van der Waals surface area contributed by atoms with Crippen LogP contribution in [0.4, 0.5) is 0 Å². The number of hydrogen-bond donors (Lipinski definition) is 1. The van der Waals surface area contributed by atoms with Crippen molar-refractivity contribution >= 4 is 11.3 Å². The van der Waals surface area contributed by atoms with E-state index in [1.807, 2.05) is 11.3 Å². The van der Waals surface area contributed by atoms with Gasteiger partial charge in [0.2, 0.25) is 0 Å². The quantitative estimate of drug-likeness (QED) is 0.858. The standard InChI is InChI=1S/C18H32N2S/c1-15(17-8-6-14-21-17)19-10-13-20-11-5-7-16(9-12-20)18(2,3)4/h6,8,14-16,19H,5,7,9-13H2,1-4H3. The van der Waals surface area contributed by atoms with Gasteiger partial charge in [0.15, 0.2) is 0 Å². The van der Waals surface area contributed by atoms with Gasteiger partial charge in [-0.25, -0.2) is 0 Å². The fraction of sp³-hybridized carbons (Fsp3) is 0.778. The van der Waals surface area contributed by atoms with Crippen molar-refractivity contribution in [1.29, 1.82) is 0 Å². The molecule has 2 unspecified atom stereocenters. The van der Waals surface area contributed by atoms with Crippen LogP contribution in [0.3, 0.4) is 0 Å². The fourth-order valence-electron chi connectivity index (χ4n) is 3.32. The Hall–Kier alpha value is -0.380. The topological polar surface area (TPSA) is 15.3 Å². The first kappa shape index (κ1) is 17.0. The lowest BCUT2D eigenvalue weighted by molar-refractivity contribution is 0.208. The molecule has 1 saturated heterocycles. The Kier molecular flexibility index (Phi) is 6.27. The molecule has 1 aliphatic heterocycles. The van der Waals surface area contributed by atoms with Gasteiger partial charge in [-0.15, -0.1) is 11.3 Å². The van der Waals surface area contributed by atoms with Crippen LogP contribution in [0.15, 0.2) is 17.5 Å². The Morgan fingerprint density at radius 2 is 2.14 bits per heavy atom. The predicted octanol–water partition coefficient (Wildman–Crippen LogP) is 4.55. The molecule has 3 heteroatoms. The second-order valence-corrected chi connectivity index (χ2v) is 8.51. The van der Waals surface area contributed by atoms with E-state index in [0.717, 1.165) is 12.5 Å². The van der Waals surface area contributed by atoms with Crippen LogP contribution >= 0.6 is 11.3 Å². The van der Waals surface area contributed by atoms with E-state index in [2.05, 4.69) is 55.4 Å². The van der Waals surface area contributed by atoms with Gasteiger partial charge in [0.05, 0.1) is 0 Å². The maximum Gasteiger partial charge on any atom is 0.0386 e. The maximum atomic E-state index is 3.66. The number of thiophene rings is 1. The lowest BCUT2D eigenvalue weighted by atomic mass is 9.77. The lowest BCUT2D eigenvalue weighted by Crippen LogP contribution is -2.34. The highest BCUT2D eigenvalue weighted by molar-refractivity contribution is 7.10. The van der Waals surface area contributed by atoms with Crippen LogP contribution in [-0.2, 0) is 0 Å². The normalized spacial score (nSPS) is 23.0. The summed E-state index contributed by atoms with van der Waals surface area (Å²) in [6, 6.07) is 4.85. The Balaban J connectivity index is 1.69. The van der Waals surface area contributed by atoms with Gasteiger partial charge in [0.1, 0.15) is 0 Å². The van der Waals surface area contributed by atoms with Crippen LogP contribution in [-0.4, -0.2) is 31.1 Å². The van der Waals surface area contributed by atoms with Crippen LogP contribution < -0.4 is 5.32 Å². The van der Waals surface area contributed by atoms with E-state index in [9.17, 15) is 0 Å². The number of nitrogens with zero attached hydrogens (tertiary/aromatic N) is 1. The second-order valence-electron chi connectivity index (χ2n) is 7.53. The Bertz CT molecular complexity index is 394. The Morgan fingerprint density at radius 3 is 2.81 bits per heavy atom. The molecule has 1 aromatic rings. The number of hydrogen-bond acceptors (Lipinski definition) is 3. The molecule has 0 aromatic carbocycles. The van der Waals surface area contributed by atoms with Gasteiger partial charge in [-0.05, 0) is 62.1 Å². The van der Waals surface area contributed by atoms with Crippen molar-refractivity contribution < 1.29 is 0 Å². The molecule has 120 valence electrons. The molecule has 2 heterocycles. The molecule has 0 aliphatic carbocycles. The van der Waals surface area contributed by atoms with Gasteiger partial charge in [0, 0.05) is 24.0 Å². The van der Waals surface area contributed by atoms with Crippen molar-refractivity contribution in [3.63, 3.8) is 0 Å². The highest BCUT2D eigenvalue weighted by Crippen LogP contribution is 2.34. The summed E-state index contributed by atoms with van der Waals surface area (Å²) in [5, 5.41) is 5.82. The van der Waals surface area contributed by atoms with Crippen molar-refractivity contribution in [2.75, 3.05) is 26.2 Å². The maximum absolute atomic E-state index is 3.66. The third-order valence-corrected chi connectivity index (χ3v) is 5.95. The van der Waals surface area contributed by atoms with Gasteiger partial charge < -0.3 is 10.2 Å². The third-order valence-electron chi connectivity index (χ3n) is 4.89. The van der Waals surface area contributed by atoms with Crippen LogP contribution in [0.5, 0.6) is 0 Å². The van der Waals surface area contributed by atoms with E-state index in [-0.39, 0.29) is 0 Å². The van der Waals surface area contributed by atoms with E-state index in [1.165, 1.54) is 43.8 Å². The highest BCUT2D eigenvalue weighted by atomic mass is 32.1. The zero-order chi connectivity index (χ0) is 15.3. The molecule has 1 aromatic heterocycles. The average molecular weight is 309 g/mol. The molecule has 1 N–H and O–H groups in total. The van der Waals surface area contributed by atoms with Crippen LogP contribution in [0.25, 0.3) is 0 Å². The van der Waals surface area contributed by atoms with Gasteiger partial charge in [-0.1, -0.05) is 26.8 Å². The van der Waals surface area contributed by atoms with E-state index < -0.39 is 0 Å². The molecule has 2 atom stereocenters. The van der Waals surface area contributed by atoms with Gasteiger partial charge in [-0.3, -0.25) is 0 Å². The minimum atomic E-state index is 0.474. The predicted molar refractivity (Wildman–Crippen MR) is 94.0 cm³/mol. The van der Waals surface area contributed by atoms with Crippen molar-refractivity contribution in [2.24, 2.45) is 11.3 Å². The molecule has 0 spiro atoms. The zero-order valence-electron chi connectivity index (χ0n) is 14.2. The van der Waals surface area contributed by atoms with Crippen molar-refractivity contribution in [1.82, 2.24) is 10.2 Å². The van der Waals surface area contributed by atoms with Gasteiger partial charge in [-0.2, -0.15) is 0 Å². The lowest BCUT2D eigenvalue weighted by Gasteiger charge is -2.29. The summed E-state index contributed by atoms with van der Waals surface area (Å²) >= 11 is 1.85. The molecule has 0 saturated carbocycles. The zero-order valence-corrected chi connectivity index (χ0v) is 15.0. The van der Waals surface area contributed by atoms with Crippen LogP contribution in [0, 0.1) is 11.3 Å². The molecular formula is C18H32N2S. The summed E-state index contributed by atoms with van der Waals surface area (Å²) in [4.78, 5) is 4.10.